The topological polar surface area (TPSA) is 48.4 Å². The van der Waals surface area contributed by atoms with Crippen LogP contribution in [-0.2, 0) is 14.3 Å². The number of hydrogen-bond donors (Lipinski definition) is 0. The number of rotatable bonds is 5. The molecule has 4 nitrogen and oxygen atoms in total. The molecule has 1 aromatic heterocycles. The molecule has 0 N–H and O–H groups in total. The van der Waals surface area contributed by atoms with Crippen LogP contribution in [0.1, 0.15) is 54.8 Å². The number of nitrogens with zero attached hydrogens (tertiary/aromatic N) is 1. The summed E-state index contributed by atoms with van der Waals surface area (Å²) in [4.78, 5) is 17.9. The third-order valence-electron chi connectivity index (χ3n) is 5.73. The molecule has 3 rings (SSSR count). The molecule has 0 fully saturated rings. The van der Waals surface area contributed by atoms with Crippen LogP contribution in [-0.4, -0.2) is 23.7 Å². The average molecular weight is 466 g/mol. The van der Waals surface area contributed by atoms with Gasteiger partial charge in [-0.1, -0.05) is 35.9 Å². The summed E-state index contributed by atoms with van der Waals surface area (Å²) in [5.74, 6) is -0.455. The van der Waals surface area contributed by atoms with Gasteiger partial charge in [-0.05, 0) is 94.5 Å². The van der Waals surface area contributed by atoms with Gasteiger partial charge in [-0.25, -0.2) is 4.79 Å². The van der Waals surface area contributed by atoms with Crippen molar-refractivity contribution in [2.45, 2.75) is 60.2 Å². The Kier molecular flexibility index (Phi) is 7.30. The summed E-state index contributed by atoms with van der Waals surface area (Å²) >= 11 is 6.18. The van der Waals surface area contributed by atoms with Crippen LogP contribution < -0.4 is 0 Å². The molecule has 174 valence electrons. The van der Waals surface area contributed by atoms with Crippen molar-refractivity contribution in [3.8, 4) is 22.4 Å². The number of pyridine rings is 1. The Balaban J connectivity index is 2.37. The fourth-order valence-corrected chi connectivity index (χ4v) is 4.10. The Morgan fingerprint density at radius 3 is 2.09 bits per heavy atom. The molecule has 0 amide bonds. The van der Waals surface area contributed by atoms with E-state index in [4.69, 9.17) is 26.1 Å². The number of aryl methyl sites for hydroxylation is 3. The van der Waals surface area contributed by atoms with Crippen molar-refractivity contribution in [3.63, 3.8) is 0 Å². The maximum absolute atomic E-state index is 12.9. The van der Waals surface area contributed by atoms with Gasteiger partial charge < -0.3 is 9.47 Å². The van der Waals surface area contributed by atoms with Gasteiger partial charge in [-0.2, -0.15) is 0 Å². The Morgan fingerprint density at radius 1 is 0.939 bits per heavy atom. The highest BCUT2D eigenvalue weighted by Gasteiger charge is 2.33. The Morgan fingerprint density at radius 2 is 1.55 bits per heavy atom. The van der Waals surface area contributed by atoms with Crippen molar-refractivity contribution in [2.75, 3.05) is 7.11 Å². The smallest absolute Gasteiger partial charge is 0.339 e. The Bertz CT molecular complexity index is 1180. The summed E-state index contributed by atoms with van der Waals surface area (Å²) in [6.45, 7) is 13.9. The summed E-state index contributed by atoms with van der Waals surface area (Å²) in [5.41, 5.74) is 8.02. The quantitative estimate of drug-likeness (QED) is 0.370. The van der Waals surface area contributed by atoms with E-state index in [9.17, 15) is 4.79 Å². The monoisotopic (exact) mass is 465 g/mol. The molecule has 5 heteroatoms. The first-order chi connectivity index (χ1) is 15.4. The van der Waals surface area contributed by atoms with Crippen LogP contribution >= 0.6 is 11.6 Å². The van der Waals surface area contributed by atoms with Crippen LogP contribution in [0, 0.1) is 27.7 Å². The number of halogens is 1. The van der Waals surface area contributed by atoms with E-state index >= 15 is 0 Å². The number of carbonyl (C=O) groups excluding carboxylic acids is 1. The van der Waals surface area contributed by atoms with E-state index in [1.54, 1.807) is 0 Å². The van der Waals surface area contributed by atoms with Gasteiger partial charge in [0.2, 0.25) is 0 Å². The molecule has 0 aliphatic rings. The molecule has 3 aromatic rings. The second-order valence-corrected chi connectivity index (χ2v) is 9.84. The molecule has 1 heterocycles. The predicted molar refractivity (Wildman–Crippen MR) is 135 cm³/mol. The Hall–Kier alpha value is -2.69. The molecule has 0 radical (unpaired) electrons. The van der Waals surface area contributed by atoms with Crippen LogP contribution in [0.3, 0.4) is 0 Å². The largest absolute Gasteiger partial charge is 0.467 e. The number of methoxy groups -OCH3 is 1. The van der Waals surface area contributed by atoms with E-state index < -0.39 is 17.7 Å². The number of aromatic nitrogens is 1. The van der Waals surface area contributed by atoms with E-state index in [1.807, 2.05) is 58.9 Å². The molecule has 1 atom stereocenters. The standard InChI is InChI=1S/C28H32ClNO3/c1-16-9-10-21(15-17(16)2)25-18(3)23(20-11-13-22(29)14-12-20)24(19(4)30-25)26(27(31)32-8)33-28(5,6)7/h9-15,26H,1-8H3/t26-/m0/s1. The molecule has 2 aromatic carbocycles. The minimum Gasteiger partial charge on any atom is -0.467 e. The van der Waals surface area contributed by atoms with E-state index in [0.717, 1.165) is 33.6 Å². The fourth-order valence-electron chi connectivity index (χ4n) is 3.98. The number of benzene rings is 2. The number of hydrogen-bond acceptors (Lipinski definition) is 4. The van der Waals surface area contributed by atoms with Crippen molar-refractivity contribution >= 4 is 17.6 Å². The van der Waals surface area contributed by atoms with E-state index in [2.05, 4.69) is 32.0 Å². The van der Waals surface area contributed by atoms with Gasteiger partial charge in [-0.3, -0.25) is 4.98 Å². The maximum atomic E-state index is 12.9. The number of ether oxygens (including phenoxy) is 2. The van der Waals surface area contributed by atoms with Crippen molar-refractivity contribution < 1.29 is 14.3 Å². The fraction of sp³-hybridized carbons (Fsp3) is 0.357. The van der Waals surface area contributed by atoms with Gasteiger partial charge in [0.25, 0.3) is 0 Å². The van der Waals surface area contributed by atoms with Gasteiger partial charge in [-0.15, -0.1) is 0 Å². The van der Waals surface area contributed by atoms with Crippen molar-refractivity contribution in [3.05, 3.63) is 75.4 Å². The third kappa shape index (κ3) is 5.45. The minimum atomic E-state index is -0.916. The highest BCUT2D eigenvalue weighted by atomic mass is 35.5. The van der Waals surface area contributed by atoms with E-state index in [1.165, 1.54) is 18.2 Å². The van der Waals surface area contributed by atoms with E-state index in [0.29, 0.717) is 10.6 Å². The molecule has 0 saturated carbocycles. The molecule has 33 heavy (non-hydrogen) atoms. The molecule has 0 saturated heterocycles. The molecule has 0 unspecified atom stereocenters. The molecule has 0 aliphatic heterocycles. The summed E-state index contributed by atoms with van der Waals surface area (Å²) in [5, 5.41) is 0.647. The minimum absolute atomic E-state index is 0.455. The SMILES string of the molecule is COC(=O)[C@@H](OC(C)(C)C)c1c(C)nc(-c2ccc(C)c(C)c2)c(C)c1-c1ccc(Cl)cc1. The lowest BCUT2D eigenvalue weighted by molar-refractivity contribution is -0.164. The van der Waals surface area contributed by atoms with Crippen LogP contribution in [0.5, 0.6) is 0 Å². The van der Waals surface area contributed by atoms with Crippen molar-refractivity contribution in [1.82, 2.24) is 4.98 Å². The highest BCUT2D eigenvalue weighted by Crippen LogP contribution is 2.41. The number of esters is 1. The summed E-state index contributed by atoms with van der Waals surface area (Å²) in [7, 11) is 1.38. The van der Waals surface area contributed by atoms with Crippen LogP contribution in [0.4, 0.5) is 0 Å². The average Bonchev–Trinajstić information content (AvgIpc) is 2.75. The highest BCUT2D eigenvalue weighted by molar-refractivity contribution is 6.30. The Labute approximate surface area is 201 Å². The lowest BCUT2D eigenvalue weighted by Gasteiger charge is -2.29. The maximum Gasteiger partial charge on any atom is 0.339 e. The van der Waals surface area contributed by atoms with E-state index in [-0.39, 0.29) is 0 Å². The molecular formula is C28H32ClNO3. The molecule has 0 aliphatic carbocycles. The third-order valence-corrected chi connectivity index (χ3v) is 5.98. The molecular weight excluding hydrogens is 434 g/mol. The van der Waals surface area contributed by atoms with Gasteiger partial charge in [0, 0.05) is 21.8 Å². The second-order valence-electron chi connectivity index (χ2n) is 9.40. The summed E-state index contributed by atoms with van der Waals surface area (Å²) in [6, 6.07) is 14.0. The van der Waals surface area contributed by atoms with Crippen molar-refractivity contribution in [1.29, 1.82) is 0 Å². The first-order valence-corrected chi connectivity index (χ1v) is 11.4. The predicted octanol–water partition coefficient (Wildman–Crippen LogP) is 7.33. The van der Waals surface area contributed by atoms with Gasteiger partial charge in [0.15, 0.2) is 6.10 Å². The zero-order valence-electron chi connectivity index (χ0n) is 20.7. The first kappa shape index (κ1) is 24.9. The second kappa shape index (κ2) is 9.66. The first-order valence-electron chi connectivity index (χ1n) is 11.0. The number of carbonyl (C=O) groups is 1. The molecule has 0 spiro atoms. The van der Waals surface area contributed by atoms with Gasteiger partial charge in [0.05, 0.1) is 18.4 Å². The lowest BCUT2D eigenvalue weighted by atomic mass is 9.88. The van der Waals surface area contributed by atoms with Gasteiger partial charge >= 0.3 is 5.97 Å². The summed E-state index contributed by atoms with van der Waals surface area (Å²) < 4.78 is 11.4. The van der Waals surface area contributed by atoms with Crippen LogP contribution in [0.2, 0.25) is 5.02 Å². The molecule has 0 bridgehead atoms. The zero-order valence-corrected chi connectivity index (χ0v) is 21.4. The van der Waals surface area contributed by atoms with Gasteiger partial charge in [0.1, 0.15) is 0 Å². The normalized spacial score (nSPS) is 12.5. The zero-order chi connectivity index (χ0) is 24.5. The van der Waals surface area contributed by atoms with Crippen LogP contribution in [0.15, 0.2) is 42.5 Å². The lowest BCUT2D eigenvalue weighted by Crippen LogP contribution is -2.29. The summed E-state index contributed by atoms with van der Waals surface area (Å²) in [6.07, 6.45) is -0.916. The van der Waals surface area contributed by atoms with Crippen LogP contribution in [0.25, 0.3) is 22.4 Å². The van der Waals surface area contributed by atoms with Crippen molar-refractivity contribution in [2.24, 2.45) is 0 Å².